The molecule has 5 heteroatoms. The maximum Gasteiger partial charge on any atom is 0.101 e. The van der Waals surface area contributed by atoms with Gasteiger partial charge >= 0.3 is 0 Å². The molecule has 3 rings (SSSR count). The van der Waals surface area contributed by atoms with Crippen LogP contribution in [0.3, 0.4) is 0 Å². The van der Waals surface area contributed by atoms with Gasteiger partial charge in [-0.3, -0.25) is 4.90 Å². The number of hydrogen-bond acceptors (Lipinski definition) is 4. The van der Waals surface area contributed by atoms with Gasteiger partial charge in [0.25, 0.3) is 0 Å². The molecule has 2 saturated heterocycles. The second kappa shape index (κ2) is 6.01. The number of halogens is 1. The molecular weight excluding hydrogens is 274 g/mol. The SMILES string of the molecule is N#Cc1cc(Cl)ccc1N1CCC(N2CCOCC2)C1. The summed E-state index contributed by atoms with van der Waals surface area (Å²) in [5.41, 5.74) is 1.67. The molecule has 2 heterocycles. The van der Waals surface area contributed by atoms with Crippen molar-refractivity contribution < 1.29 is 4.74 Å². The highest BCUT2D eigenvalue weighted by Gasteiger charge is 2.29. The Kier molecular flexibility index (Phi) is 4.11. The van der Waals surface area contributed by atoms with Crippen LogP contribution in [-0.2, 0) is 4.74 Å². The summed E-state index contributed by atoms with van der Waals surface area (Å²) in [7, 11) is 0. The minimum atomic E-state index is 0.570. The van der Waals surface area contributed by atoms with E-state index in [1.165, 1.54) is 0 Å². The molecule has 1 unspecified atom stereocenters. The third-order valence-corrected chi connectivity index (χ3v) is 4.38. The fourth-order valence-corrected chi connectivity index (χ4v) is 3.25. The van der Waals surface area contributed by atoms with Gasteiger partial charge < -0.3 is 9.64 Å². The van der Waals surface area contributed by atoms with E-state index in [4.69, 9.17) is 16.3 Å². The van der Waals surface area contributed by atoms with Gasteiger partial charge in [0.15, 0.2) is 0 Å². The van der Waals surface area contributed by atoms with E-state index in [0.29, 0.717) is 16.6 Å². The van der Waals surface area contributed by atoms with Crippen molar-refractivity contribution in [1.29, 1.82) is 5.26 Å². The standard InChI is InChI=1S/C15H18ClN3O/c16-13-1-2-15(12(9-13)10-17)19-4-3-14(11-19)18-5-7-20-8-6-18/h1-2,9,14H,3-8,11H2. The number of hydrogen-bond donors (Lipinski definition) is 0. The van der Waals surface area contributed by atoms with Crippen LogP contribution < -0.4 is 4.90 Å². The molecule has 0 spiro atoms. The topological polar surface area (TPSA) is 39.5 Å². The zero-order valence-corrected chi connectivity index (χ0v) is 12.1. The minimum absolute atomic E-state index is 0.570. The maximum atomic E-state index is 9.26. The van der Waals surface area contributed by atoms with Crippen LogP contribution in [0.2, 0.25) is 5.02 Å². The van der Waals surface area contributed by atoms with Gasteiger partial charge in [0.2, 0.25) is 0 Å². The van der Waals surface area contributed by atoms with Crippen LogP contribution in [0.25, 0.3) is 0 Å². The molecule has 0 aromatic heterocycles. The quantitative estimate of drug-likeness (QED) is 0.837. The molecule has 0 bridgehead atoms. The molecule has 20 heavy (non-hydrogen) atoms. The van der Waals surface area contributed by atoms with E-state index in [0.717, 1.165) is 51.5 Å². The van der Waals surface area contributed by atoms with Crippen LogP contribution >= 0.6 is 11.6 Å². The van der Waals surface area contributed by atoms with Crippen molar-refractivity contribution in [2.75, 3.05) is 44.3 Å². The van der Waals surface area contributed by atoms with Crippen LogP contribution in [0, 0.1) is 11.3 Å². The molecule has 2 fully saturated rings. The van der Waals surface area contributed by atoms with E-state index in [9.17, 15) is 5.26 Å². The normalized spacial score (nSPS) is 23.8. The zero-order chi connectivity index (χ0) is 13.9. The van der Waals surface area contributed by atoms with E-state index in [1.807, 2.05) is 12.1 Å². The Morgan fingerprint density at radius 2 is 2.05 bits per heavy atom. The van der Waals surface area contributed by atoms with E-state index < -0.39 is 0 Å². The average Bonchev–Trinajstić information content (AvgIpc) is 2.97. The van der Waals surface area contributed by atoms with Crippen LogP contribution in [0.1, 0.15) is 12.0 Å². The molecule has 0 radical (unpaired) electrons. The van der Waals surface area contributed by atoms with Crippen LogP contribution in [0.15, 0.2) is 18.2 Å². The van der Waals surface area contributed by atoms with E-state index in [1.54, 1.807) is 6.07 Å². The first kappa shape index (κ1) is 13.7. The number of nitriles is 1. The van der Waals surface area contributed by atoms with Crippen molar-refractivity contribution in [3.63, 3.8) is 0 Å². The second-order valence-corrected chi connectivity index (χ2v) is 5.75. The first-order chi connectivity index (χ1) is 9.78. The molecule has 106 valence electrons. The molecule has 1 atom stereocenters. The largest absolute Gasteiger partial charge is 0.379 e. The van der Waals surface area contributed by atoms with E-state index >= 15 is 0 Å². The predicted molar refractivity (Wildman–Crippen MR) is 79.2 cm³/mol. The summed E-state index contributed by atoms with van der Waals surface area (Å²) in [6, 6.07) is 8.39. The van der Waals surface area contributed by atoms with E-state index in [-0.39, 0.29) is 0 Å². The highest BCUT2D eigenvalue weighted by molar-refractivity contribution is 6.30. The summed E-state index contributed by atoms with van der Waals surface area (Å²) in [5.74, 6) is 0. The molecule has 0 aliphatic carbocycles. The molecule has 0 N–H and O–H groups in total. The molecule has 2 aliphatic rings. The molecule has 0 amide bonds. The monoisotopic (exact) mass is 291 g/mol. The molecule has 1 aromatic rings. The molecule has 0 saturated carbocycles. The van der Waals surface area contributed by atoms with Crippen LogP contribution in [0.4, 0.5) is 5.69 Å². The van der Waals surface area contributed by atoms with Crippen molar-refractivity contribution in [3.8, 4) is 6.07 Å². The number of benzene rings is 1. The van der Waals surface area contributed by atoms with Crippen LogP contribution in [-0.4, -0.2) is 50.3 Å². The first-order valence-corrected chi connectivity index (χ1v) is 7.42. The Labute approximate surface area is 124 Å². The maximum absolute atomic E-state index is 9.26. The Bertz CT molecular complexity index is 522. The van der Waals surface area contributed by atoms with Crippen molar-refractivity contribution in [2.45, 2.75) is 12.5 Å². The predicted octanol–water partition coefficient (Wildman–Crippen LogP) is 2.12. The van der Waals surface area contributed by atoms with Gasteiger partial charge in [-0.15, -0.1) is 0 Å². The minimum Gasteiger partial charge on any atom is -0.379 e. The van der Waals surface area contributed by atoms with Gasteiger partial charge in [0, 0.05) is 37.2 Å². The second-order valence-electron chi connectivity index (χ2n) is 5.31. The van der Waals surface area contributed by atoms with Gasteiger partial charge in [0.1, 0.15) is 6.07 Å². The third kappa shape index (κ3) is 2.76. The molecule has 4 nitrogen and oxygen atoms in total. The lowest BCUT2D eigenvalue weighted by Gasteiger charge is -2.32. The van der Waals surface area contributed by atoms with Gasteiger partial charge in [-0.2, -0.15) is 5.26 Å². The summed E-state index contributed by atoms with van der Waals surface area (Å²) >= 11 is 5.96. The lowest BCUT2D eigenvalue weighted by Crippen LogP contribution is -2.44. The van der Waals surface area contributed by atoms with Gasteiger partial charge in [-0.05, 0) is 24.6 Å². The highest BCUT2D eigenvalue weighted by atomic mass is 35.5. The summed E-state index contributed by atoms with van der Waals surface area (Å²) in [5, 5.41) is 9.88. The van der Waals surface area contributed by atoms with Gasteiger partial charge in [0.05, 0.1) is 24.5 Å². The van der Waals surface area contributed by atoms with Crippen LogP contribution in [0.5, 0.6) is 0 Å². The zero-order valence-electron chi connectivity index (χ0n) is 11.4. The number of ether oxygens (including phenoxy) is 1. The highest BCUT2D eigenvalue weighted by Crippen LogP contribution is 2.28. The van der Waals surface area contributed by atoms with Crippen molar-refractivity contribution >= 4 is 17.3 Å². The smallest absolute Gasteiger partial charge is 0.101 e. The number of rotatable bonds is 2. The molecular formula is C15H18ClN3O. The summed E-state index contributed by atoms with van der Waals surface area (Å²) < 4.78 is 5.41. The summed E-state index contributed by atoms with van der Waals surface area (Å²) in [6.07, 6.45) is 1.15. The average molecular weight is 292 g/mol. The first-order valence-electron chi connectivity index (χ1n) is 7.04. The van der Waals surface area contributed by atoms with Crippen molar-refractivity contribution in [2.24, 2.45) is 0 Å². The lowest BCUT2D eigenvalue weighted by molar-refractivity contribution is 0.0209. The van der Waals surface area contributed by atoms with E-state index in [2.05, 4.69) is 15.9 Å². The van der Waals surface area contributed by atoms with Gasteiger partial charge in [-0.1, -0.05) is 11.6 Å². The molecule has 2 aliphatic heterocycles. The fraction of sp³-hybridized carbons (Fsp3) is 0.533. The number of anilines is 1. The summed E-state index contributed by atoms with van der Waals surface area (Å²) in [4.78, 5) is 4.81. The van der Waals surface area contributed by atoms with Crippen molar-refractivity contribution in [3.05, 3.63) is 28.8 Å². The summed E-state index contributed by atoms with van der Waals surface area (Å²) in [6.45, 7) is 5.69. The Morgan fingerprint density at radius 3 is 2.80 bits per heavy atom. The third-order valence-electron chi connectivity index (χ3n) is 4.15. The lowest BCUT2D eigenvalue weighted by atomic mass is 10.2. The number of morpholine rings is 1. The Hall–Kier alpha value is -1.28. The Morgan fingerprint density at radius 1 is 1.25 bits per heavy atom. The fourth-order valence-electron chi connectivity index (χ4n) is 3.07. The Balaban J connectivity index is 1.72. The van der Waals surface area contributed by atoms with Gasteiger partial charge in [-0.25, -0.2) is 0 Å². The van der Waals surface area contributed by atoms with Crippen molar-refractivity contribution in [1.82, 2.24) is 4.90 Å². The number of nitrogens with zero attached hydrogens (tertiary/aromatic N) is 3. The molecule has 1 aromatic carbocycles.